The molecular weight excluding hydrogens is 382 g/mol. The summed E-state index contributed by atoms with van der Waals surface area (Å²) in [6.45, 7) is 8.72. The van der Waals surface area contributed by atoms with E-state index in [0.717, 1.165) is 6.42 Å². The van der Waals surface area contributed by atoms with E-state index in [4.69, 9.17) is 0 Å². The highest BCUT2D eigenvalue weighted by atomic mass is 32.2. The SMILES string of the molecule is C[C@@H]1[C@@H](C)CCC[C@H]1NC(=O)[C@@H](C)[NH+]1CCN(S(=O)(=O)c2cccs2)CC1. The maximum Gasteiger partial charge on any atom is 0.278 e. The van der Waals surface area contributed by atoms with E-state index in [-0.39, 0.29) is 18.0 Å². The normalized spacial score (nSPS) is 29.4. The molecule has 1 saturated heterocycles. The van der Waals surface area contributed by atoms with Crippen LogP contribution in [-0.2, 0) is 14.8 Å². The van der Waals surface area contributed by atoms with Gasteiger partial charge in [0.2, 0.25) is 0 Å². The van der Waals surface area contributed by atoms with Crippen molar-refractivity contribution in [3.05, 3.63) is 17.5 Å². The predicted molar refractivity (Wildman–Crippen MR) is 107 cm³/mol. The first-order valence-corrected chi connectivity index (χ1v) is 12.3. The number of nitrogens with one attached hydrogen (secondary N) is 2. The van der Waals surface area contributed by atoms with E-state index in [0.29, 0.717) is 42.2 Å². The minimum absolute atomic E-state index is 0.102. The fraction of sp³-hybridized carbons (Fsp3) is 0.737. The third-order valence-corrected chi connectivity index (χ3v) is 9.77. The Morgan fingerprint density at radius 1 is 1.30 bits per heavy atom. The van der Waals surface area contributed by atoms with Crippen LogP contribution in [0.2, 0.25) is 0 Å². The molecule has 4 atom stereocenters. The van der Waals surface area contributed by atoms with Crippen LogP contribution in [0.25, 0.3) is 0 Å². The maximum atomic E-state index is 12.8. The van der Waals surface area contributed by atoms with Gasteiger partial charge in [-0.2, -0.15) is 4.31 Å². The van der Waals surface area contributed by atoms with Crippen LogP contribution >= 0.6 is 11.3 Å². The van der Waals surface area contributed by atoms with Crippen molar-refractivity contribution in [3.8, 4) is 0 Å². The molecule has 6 nitrogen and oxygen atoms in total. The topological polar surface area (TPSA) is 70.9 Å². The smallest absolute Gasteiger partial charge is 0.278 e. The van der Waals surface area contributed by atoms with Gasteiger partial charge in [-0.3, -0.25) is 4.79 Å². The van der Waals surface area contributed by atoms with Crippen LogP contribution in [0.1, 0.15) is 40.0 Å². The molecule has 0 aromatic carbocycles. The average molecular weight is 415 g/mol. The Hall–Kier alpha value is -0.960. The lowest BCUT2D eigenvalue weighted by Crippen LogP contribution is -3.19. The van der Waals surface area contributed by atoms with Crippen LogP contribution < -0.4 is 10.2 Å². The van der Waals surface area contributed by atoms with Crippen molar-refractivity contribution < 1.29 is 18.1 Å². The molecular formula is C19H32N3O3S2+. The van der Waals surface area contributed by atoms with E-state index < -0.39 is 10.0 Å². The van der Waals surface area contributed by atoms with Gasteiger partial charge in [-0.25, -0.2) is 8.42 Å². The number of quaternary nitrogens is 1. The van der Waals surface area contributed by atoms with Gasteiger partial charge in [0, 0.05) is 6.04 Å². The van der Waals surface area contributed by atoms with Gasteiger partial charge in [0.25, 0.3) is 15.9 Å². The van der Waals surface area contributed by atoms with Crippen LogP contribution in [0.3, 0.4) is 0 Å². The molecule has 1 amide bonds. The fourth-order valence-corrected chi connectivity index (χ4v) is 6.85. The number of hydrogen-bond donors (Lipinski definition) is 2. The van der Waals surface area contributed by atoms with Crippen LogP contribution in [0.5, 0.6) is 0 Å². The molecule has 0 unspecified atom stereocenters. The van der Waals surface area contributed by atoms with E-state index in [1.807, 2.05) is 6.92 Å². The Balaban J connectivity index is 1.53. The molecule has 0 bridgehead atoms. The van der Waals surface area contributed by atoms with Gasteiger partial charge in [0.1, 0.15) is 4.21 Å². The lowest BCUT2D eigenvalue weighted by atomic mass is 9.78. The zero-order valence-electron chi connectivity index (χ0n) is 16.5. The predicted octanol–water partition coefficient (Wildman–Crippen LogP) is 0.967. The number of hydrogen-bond acceptors (Lipinski definition) is 4. The zero-order chi connectivity index (χ0) is 19.6. The highest BCUT2D eigenvalue weighted by molar-refractivity contribution is 7.91. The highest BCUT2D eigenvalue weighted by Gasteiger charge is 2.36. The van der Waals surface area contributed by atoms with Crippen molar-refractivity contribution in [2.75, 3.05) is 26.2 Å². The van der Waals surface area contributed by atoms with Gasteiger partial charge in [0.15, 0.2) is 6.04 Å². The summed E-state index contributed by atoms with van der Waals surface area (Å²) in [5.74, 6) is 1.26. The lowest BCUT2D eigenvalue weighted by Gasteiger charge is -2.37. The standard InChI is InChI=1S/C19H31N3O3S2/c1-14-6-4-7-17(15(14)2)20-19(23)16(3)21-9-11-22(12-10-21)27(24,25)18-8-5-13-26-18/h5,8,13-17H,4,6-7,9-12H2,1-3H3,(H,20,23)/p+1/t14-,15+,16+,17+/m0/s1. The zero-order valence-corrected chi connectivity index (χ0v) is 18.1. The van der Waals surface area contributed by atoms with E-state index in [9.17, 15) is 13.2 Å². The van der Waals surface area contributed by atoms with Crippen LogP contribution in [0.4, 0.5) is 0 Å². The number of carbonyl (C=O) groups is 1. The maximum absolute atomic E-state index is 12.8. The summed E-state index contributed by atoms with van der Waals surface area (Å²) in [7, 11) is -3.39. The van der Waals surface area contributed by atoms with E-state index >= 15 is 0 Å². The molecule has 1 saturated carbocycles. The fourth-order valence-electron chi connectivity index (χ4n) is 4.26. The second kappa shape index (κ2) is 8.59. The van der Waals surface area contributed by atoms with E-state index in [1.54, 1.807) is 21.8 Å². The van der Waals surface area contributed by atoms with Gasteiger partial charge >= 0.3 is 0 Å². The summed E-state index contributed by atoms with van der Waals surface area (Å²) < 4.78 is 27.2. The van der Waals surface area contributed by atoms with Crippen molar-refractivity contribution in [3.63, 3.8) is 0 Å². The number of piperazine rings is 1. The Bertz CT molecular complexity index is 727. The molecule has 8 heteroatoms. The number of nitrogens with zero attached hydrogens (tertiary/aromatic N) is 1. The van der Waals surface area contributed by atoms with E-state index in [2.05, 4.69) is 19.2 Å². The lowest BCUT2D eigenvalue weighted by molar-refractivity contribution is -0.917. The van der Waals surface area contributed by atoms with Gasteiger partial charge in [-0.15, -0.1) is 11.3 Å². The minimum atomic E-state index is -3.39. The summed E-state index contributed by atoms with van der Waals surface area (Å²) in [6.07, 6.45) is 3.48. The van der Waals surface area contributed by atoms with Crippen molar-refractivity contribution >= 4 is 27.3 Å². The van der Waals surface area contributed by atoms with Crippen LogP contribution in [0, 0.1) is 11.8 Å². The summed E-state index contributed by atoms with van der Waals surface area (Å²) in [5.41, 5.74) is 0. The number of amides is 1. The Kier molecular flexibility index (Phi) is 6.61. The molecule has 1 aromatic rings. The largest absolute Gasteiger partial charge is 0.348 e. The summed E-state index contributed by atoms with van der Waals surface area (Å²) in [6, 6.07) is 3.53. The number of carbonyl (C=O) groups excluding carboxylic acids is 1. The molecule has 27 heavy (non-hydrogen) atoms. The third kappa shape index (κ3) is 4.55. The molecule has 1 aliphatic heterocycles. The minimum Gasteiger partial charge on any atom is -0.348 e. The van der Waals surface area contributed by atoms with Crippen LogP contribution in [-0.4, -0.2) is 56.9 Å². The second-order valence-corrected chi connectivity index (χ2v) is 11.2. The number of thiophene rings is 1. The van der Waals surface area contributed by atoms with Crippen molar-refractivity contribution in [1.29, 1.82) is 0 Å². The quantitative estimate of drug-likeness (QED) is 0.754. The van der Waals surface area contributed by atoms with Gasteiger partial charge in [-0.05, 0) is 36.6 Å². The average Bonchev–Trinajstić information content (AvgIpc) is 3.20. The Labute approximate surface area is 167 Å². The van der Waals surface area contributed by atoms with Gasteiger partial charge in [0.05, 0.1) is 26.2 Å². The first-order valence-electron chi connectivity index (χ1n) is 9.99. The monoisotopic (exact) mass is 414 g/mol. The molecule has 1 aliphatic carbocycles. The van der Waals surface area contributed by atoms with Gasteiger partial charge < -0.3 is 10.2 Å². The van der Waals surface area contributed by atoms with Crippen molar-refractivity contribution in [2.45, 2.75) is 56.3 Å². The molecule has 1 aromatic heterocycles. The number of sulfonamides is 1. The second-order valence-electron chi connectivity index (χ2n) is 8.10. The first kappa shape index (κ1) is 20.8. The Morgan fingerprint density at radius 2 is 2.00 bits per heavy atom. The van der Waals surface area contributed by atoms with Crippen molar-refractivity contribution in [2.24, 2.45) is 11.8 Å². The molecule has 2 N–H and O–H groups in total. The number of rotatable bonds is 5. The molecule has 0 radical (unpaired) electrons. The van der Waals surface area contributed by atoms with Crippen LogP contribution in [0.15, 0.2) is 21.7 Å². The van der Waals surface area contributed by atoms with Gasteiger partial charge in [-0.1, -0.05) is 32.8 Å². The van der Waals surface area contributed by atoms with E-state index in [1.165, 1.54) is 29.1 Å². The summed E-state index contributed by atoms with van der Waals surface area (Å²) >= 11 is 1.25. The molecule has 0 spiro atoms. The van der Waals surface area contributed by atoms with Crippen molar-refractivity contribution in [1.82, 2.24) is 9.62 Å². The first-order chi connectivity index (χ1) is 12.8. The Morgan fingerprint density at radius 3 is 2.63 bits per heavy atom. The molecule has 2 fully saturated rings. The molecule has 2 heterocycles. The summed E-state index contributed by atoms with van der Waals surface area (Å²) in [4.78, 5) is 13.9. The molecule has 152 valence electrons. The summed E-state index contributed by atoms with van der Waals surface area (Å²) in [5, 5.41) is 5.06. The third-order valence-electron chi connectivity index (χ3n) is 6.49. The highest BCUT2D eigenvalue weighted by Crippen LogP contribution is 2.29. The molecule has 2 aliphatic rings. The molecule has 3 rings (SSSR count).